The molecule has 0 heterocycles. The van der Waals surface area contributed by atoms with Crippen molar-refractivity contribution in [3.05, 3.63) is 24.3 Å². The van der Waals surface area contributed by atoms with Crippen LogP contribution in [0.3, 0.4) is 0 Å². The first-order valence-electron chi connectivity index (χ1n) is 13.2. The maximum atomic E-state index is 2.73. The fourth-order valence-electron chi connectivity index (χ4n) is 9.09. The molecule has 0 aliphatic heterocycles. The third-order valence-corrected chi connectivity index (χ3v) is 11.0. The van der Waals surface area contributed by atoms with Gasteiger partial charge < -0.3 is 0 Å². The van der Waals surface area contributed by atoms with Gasteiger partial charge in [-0.15, -0.1) is 0 Å². The predicted molar refractivity (Wildman–Crippen MR) is 127 cm³/mol. The lowest BCUT2D eigenvalue weighted by Crippen LogP contribution is -2.51. The van der Waals surface area contributed by atoms with E-state index in [2.05, 4.69) is 65.8 Å². The van der Waals surface area contributed by atoms with Gasteiger partial charge in [-0.05, 0) is 103 Å². The predicted octanol–water partition coefficient (Wildman–Crippen LogP) is 8.69. The van der Waals surface area contributed by atoms with Crippen LogP contribution in [-0.2, 0) is 0 Å². The third-order valence-electron chi connectivity index (χ3n) is 11.0. The summed E-state index contributed by atoms with van der Waals surface area (Å²) in [5.41, 5.74) is 1.06. The molecule has 0 nitrogen and oxygen atoms in total. The first-order chi connectivity index (χ1) is 13.8. The molecule has 4 rings (SSSR count). The minimum absolute atomic E-state index is 0.439. The van der Waals surface area contributed by atoms with Crippen molar-refractivity contribution in [3.63, 3.8) is 0 Å². The second-order valence-electron chi connectivity index (χ2n) is 12.4. The average molecular weight is 397 g/mol. The van der Waals surface area contributed by atoms with E-state index in [9.17, 15) is 0 Å². The summed E-state index contributed by atoms with van der Waals surface area (Å²) >= 11 is 0. The van der Waals surface area contributed by atoms with E-state index >= 15 is 0 Å². The van der Waals surface area contributed by atoms with E-state index in [0.717, 1.165) is 47.3 Å². The molecule has 1 unspecified atom stereocenters. The first kappa shape index (κ1) is 21.7. The fraction of sp³-hybridized carbons (Fsp3) is 0.862. The van der Waals surface area contributed by atoms with Gasteiger partial charge in [0.15, 0.2) is 0 Å². The van der Waals surface area contributed by atoms with E-state index < -0.39 is 0 Å². The normalized spacial score (nSPS) is 45.6. The molecule has 0 saturated heterocycles. The minimum Gasteiger partial charge on any atom is -0.0806 e. The van der Waals surface area contributed by atoms with Crippen molar-refractivity contribution in [1.29, 1.82) is 0 Å². The summed E-state index contributed by atoms with van der Waals surface area (Å²) in [5.74, 6) is 7.39. The summed E-state index contributed by atoms with van der Waals surface area (Å²) in [5, 5.41) is 0. The van der Waals surface area contributed by atoms with Gasteiger partial charge in [0, 0.05) is 0 Å². The molecule has 3 saturated carbocycles. The van der Waals surface area contributed by atoms with Crippen LogP contribution in [0, 0.1) is 58.2 Å². The van der Waals surface area contributed by atoms with Crippen molar-refractivity contribution in [2.45, 2.75) is 99.3 Å². The Hall–Kier alpha value is -0.520. The fourth-order valence-corrected chi connectivity index (χ4v) is 9.09. The van der Waals surface area contributed by atoms with Crippen molar-refractivity contribution in [1.82, 2.24) is 0 Å². The van der Waals surface area contributed by atoms with E-state index in [0.29, 0.717) is 10.8 Å². The van der Waals surface area contributed by atoms with Crippen molar-refractivity contribution in [3.8, 4) is 0 Å². The van der Waals surface area contributed by atoms with Crippen LogP contribution in [-0.4, -0.2) is 0 Å². The average Bonchev–Trinajstić information content (AvgIpc) is 3.05. The van der Waals surface area contributed by atoms with Crippen molar-refractivity contribution >= 4 is 0 Å². The van der Waals surface area contributed by atoms with Crippen molar-refractivity contribution < 1.29 is 0 Å². The zero-order valence-electron chi connectivity index (χ0n) is 20.3. The lowest BCUT2D eigenvalue weighted by atomic mass is 9.46. The number of rotatable bonds is 6. The van der Waals surface area contributed by atoms with Crippen molar-refractivity contribution in [2.24, 2.45) is 58.2 Å². The summed E-state index contributed by atoms with van der Waals surface area (Å²) in [7, 11) is 0. The molecule has 0 amide bonds. The minimum atomic E-state index is 0.439. The maximum Gasteiger partial charge on any atom is -0.00496 e. The molecule has 4 aliphatic rings. The zero-order chi connectivity index (χ0) is 20.8. The molecule has 0 aromatic carbocycles. The molecule has 0 heteroatoms. The maximum absolute atomic E-state index is 2.73. The highest BCUT2D eigenvalue weighted by Gasteiger charge is 2.59. The molecular formula is C29H48. The third kappa shape index (κ3) is 3.59. The molecule has 9 atom stereocenters. The Bertz CT molecular complexity index is 626. The van der Waals surface area contributed by atoms with Crippen LogP contribution in [0.15, 0.2) is 24.3 Å². The molecule has 0 N–H and O–H groups in total. The van der Waals surface area contributed by atoms with Crippen LogP contribution in [0.2, 0.25) is 0 Å². The summed E-state index contributed by atoms with van der Waals surface area (Å²) in [6.45, 7) is 15.2. The molecule has 4 aliphatic carbocycles. The molecule has 0 spiro atoms. The number of allylic oxidation sites excluding steroid dienone is 4. The Kier molecular flexibility index (Phi) is 6.14. The van der Waals surface area contributed by atoms with Gasteiger partial charge >= 0.3 is 0 Å². The van der Waals surface area contributed by atoms with Crippen LogP contribution in [0.25, 0.3) is 0 Å². The van der Waals surface area contributed by atoms with Gasteiger partial charge in [0.25, 0.3) is 0 Å². The van der Waals surface area contributed by atoms with E-state index in [4.69, 9.17) is 0 Å². The largest absolute Gasteiger partial charge is 0.0806 e. The summed E-state index contributed by atoms with van der Waals surface area (Å²) in [4.78, 5) is 0. The summed E-state index contributed by atoms with van der Waals surface area (Å²) in [6.07, 6.45) is 23.0. The van der Waals surface area contributed by atoms with Gasteiger partial charge in [-0.25, -0.2) is 0 Å². The molecule has 29 heavy (non-hydrogen) atoms. The van der Waals surface area contributed by atoms with E-state index in [1.807, 2.05) is 0 Å². The highest BCUT2D eigenvalue weighted by Crippen LogP contribution is 2.67. The molecule has 164 valence electrons. The Morgan fingerprint density at radius 2 is 1.69 bits per heavy atom. The Morgan fingerprint density at radius 3 is 2.41 bits per heavy atom. The number of hydrogen-bond donors (Lipinski definition) is 0. The van der Waals surface area contributed by atoms with Gasteiger partial charge in [0.05, 0.1) is 0 Å². The van der Waals surface area contributed by atoms with E-state index in [-0.39, 0.29) is 0 Å². The molecule has 0 aromatic heterocycles. The van der Waals surface area contributed by atoms with Gasteiger partial charge in [0.2, 0.25) is 0 Å². The quantitative estimate of drug-likeness (QED) is 0.421. The van der Waals surface area contributed by atoms with Gasteiger partial charge in [-0.1, -0.05) is 78.7 Å². The van der Waals surface area contributed by atoms with Crippen LogP contribution in [0.5, 0.6) is 0 Å². The Morgan fingerprint density at radius 1 is 0.897 bits per heavy atom. The van der Waals surface area contributed by atoms with Crippen LogP contribution < -0.4 is 0 Å². The van der Waals surface area contributed by atoms with Gasteiger partial charge in [-0.2, -0.15) is 0 Å². The Labute approximate surface area is 182 Å². The zero-order valence-corrected chi connectivity index (χ0v) is 20.3. The Balaban J connectivity index is 1.46. The van der Waals surface area contributed by atoms with Crippen molar-refractivity contribution in [2.75, 3.05) is 0 Å². The lowest BCUT2D eigenvalue weighted by molar-refractivity contribution is -0.0736. The van der Waals surface area contributed by atoms with Crippen LogP contribution in [0.4, 0.5) is 0 Å². The second-order valence-corrected chi connectivity index (χ2v) is 12.4. The standard InChI is InChI=1S/C29H48/c1-7-22(20(2)3)12-11-21(4)25-15-16-26-24-14-13-23-10-8-9-18-28(23,5)27(24)17-19-29(25,26)6/h8-10,18,20-27H,7,11-17,19H2,1-6H3/t21-,22-,23?,24+,25-,26+,27+,28+,29-/m1/s1. The number of fused-ring (bicyclic) bond motifs is 5. The monoisotopic (exact) mass is 396 g/mol. The van der Waals surface area contributed by atoms with E-state index in [1.165, 1.54) is 57.8 Å². The lowest BCUT2D eigenvalue weighted by Gasteiger charge is -2.58. The summed E-state index contributed by atoms with van der Waals surface area (Å²) < 4.78 is 0. The van der Waals surface area contributed by atoms with Gasteiger partial charge in [-0.3, -0.25) is 0 Å². The highest BCUT2D eigenvalue weighted by atomic mass is 14.6. The SMILES string of the molecule is CC[C@H](CC[C@@H](C)[C@H]1CC[C@H]2[C@@H]3CCC4C=CC=C[C@]4(C)[C@H]3CC[C@]12C)C(C)C. The second kappa shape index (κ2) is 8.20. The topological polar surface area (TPSA) is 0 Å². The molecule has 3 fully saturated rings. The highest BCUT2D eigenvalue weighted by molar-refractivity contribution is 5.23. The summed E-state index contributed by atoms with van der Waals surface area (Å²) in [6, 6.07) is 0. The van der Waals surface area contributed by atoms with Crippen LogP contribution in [0.1, 0.15) is 99.3 Å². The first-order valence-corrected chi connectivity index (χ1v) is 13.2. The van der Waals surface area contributed by atoms with Gasteiger partial charge in [0.1, 0.15) is 0 Å². The molecule has 0 bridgehead atoms. The number of hydrogen-bond acceptors (Lipinski definition) is 0. The smallest absolute Gasteiger partial charge is 0.00496 e. The molecule has 0 radical (unpaired) electrons. The molecule has 0 aromatic rings. The van der Waals surface area contributed by atoms with E-state index in [1.54, 1.807) is 0 Å². The van der Waals surface area contributed by atoms with Crippen LogP contribution >= 0.6 is 0 Å². The molecular weight excluding hydrogens is 348 g/mol.